The zero-order valence-corrected chi connectivity index (χ0v) is 11.2. The first-order valence-electron chi connectivity index (χ1n) is 6.07. The summed E-state index contributed by atoms with van der Waals surface area (Å²) in [5, 5.41) is 18.5. The van der Waals surface area contributed by atoms with E-state index >= 15 is 0 Å². The van der Waals surface area contributed by atoms with Crippen molar-refractivity contribution < 1.29 is 9.90 Å². The van der Waals surface area contributed by atoms with Crippen LogP contribution in [0.3, 0.4) is 0 Å². The van der Waals surface area contributed by atoms with E-state index in [1.54, 1.807) is 6.92 Å². The lowest BCUT2D eigenvalue weighted by molar-refractivity contribution is 0.102. The van der Waals surface area contributed by atoms with E-state index in [9.17, 15) is 4.79 Å². The summed E-state index contributed by atoms with van der Waals surface area (Å²) in [6.45, 7) is 5.48. The first-order valence-corrected chi connectivity index (χ1v) is 6.07. The number of carbonyl (C=O) groups excluding carboxylic acids is 1. The van der Waals surface area contributed by atoms with Crippen LogP contribution in [0.1, 0.15) is 32.7 Å². The third kappa shape index (κ3) is 2.51. The van der Waals surface area contributed by atoms with Crippen molar-refractivity contribution in [2.75, 3.05) is 5.32 Å². The largest absolute Gasteiger partial charge is 0.390 e. The Morgan fingerprint density at radius 2 is 1.95 bits per heavy atom. The molecule has 19 heavy (non-hydrogen) atoms. The van der Waals surface area contributed by atoms with Gasteiger partial charge in [0.15, 0.2) is 5.82 Å². The number of aliphatic hydroxyl groups excluding tert-OH is 1. The van der Waals surface area contributed by atoms with E-state index < -0.39 is 0 Å². The van der Waals surface area contributed by atoms with Crippen LogP contribution in [0.15, 0.2) is 18.2 Å². The fraction of sp³-hybridized carbons (Fsp3) is 0.286. The van der Waals surface area contributed by atoms with Crippen LogP contribution < -0.4 is 5.32 Å². The Labute approximate surface area is 111 Å². The van der Waals surface area contributed by atoms with Crippen LogP contribution in [0.5, 0.6) is 0 Å². The minimum absolute atomic E-state index is 0.127. The molecule has 0 radical (unpaired) electrons. The second kappa shape index (κ2) is 5.24. The number of anilines is 1. The van der Waals surface area contributed by atoms with Crippen LogP contribution >= 0.6 is 0 Å². The van der Waals surface area contributed by atoms with Crippen LogP contribution in [0, 0.1) is 20.8 Å². The molecule has 1 amide bonds. The van der Waals surface area contributed by atoms with Crippen molar-refractivity contribution in [3.63, 3.8) is 0 Å². The van der Waals surface area contributed by atoms with Gasteiger partial charge in [0.1, 0.15) is 0 Å². The highest BCUT2D eigenvalue weighted by Gasteiger charge is 2.15. The van der Waals surface area contributed by atoms with Crippen LogP contribution in [0.2, 0.25) is 0 Å². The summed E-state index contributed by atoms with van der Waals surface area (Å²) in [5.74, 6) is 0.270. The molecule has 0 saturated heterocycles. The number of nitrogens with one attached hydrogen (secondary N) is 2. The maximum absolute atomic E-state index is 12.3. The maximum atomic E-state index is 12.3. The summed E-state index contributed by atoms with van der Waals surface area (Å²) in [5.41, 5.74) is 3.87. The lowest BCUT2D eigenvalue weighted by Crippen LogP contribution is -2.15. The van der Waals surface area contributed by atoms with Gasteiger partial charge in [-0.15, -0.1) is 0 Å². The molecule has 100 valence electrons. The van der Waals surface area contributed by atoms with E-state index in [1.807, 2.05) is 32.0 Å². The molecule has 0 unspecified atom stereocenters. The summed E-state index contributed by atoms with van der Waals surface area (Å²) in [7, 11) is 0. The van der Waals surface area contributed by atoms with E-state index in [0.717, 1.165) is 16.7 Å². The molecular formula is C14H17N3O2. The van der Waals surface area contributed by atoms with Gasteiger partial charge in [-0.3, -0.25) is 9.89 Å². The molecule has 1 aromatic carbocycles. The Morgan fingerprint density at radius 1 is 1.32 bits per heavy atom. The molecule has 2 rings (SSSR count). The third-order valence-corrected chi connectivity index (χ3v) is 3.21. The molecule has 5 nitrogen and oxygen atoms in total. The van der Waals surface area contributed by atoms with Crippen LogP contribution in [0.4, 0.5) is 5.82 Å². The number of aliphatic hydroxyl groups is 1. The van der Waals surface area contributed by atoms with Gasteiger partial charge in [-0.05, 0) is 31.9 Å². The van der Waals surface area contributed by atoms with E-state index in [2.05, 4.69) is 15.5 Å². The van der Waals surface area contributed by atoms with Crippen molar-refractivity contribution in [3.05, 3.63) is 46.1 Å². The van der Waals surface area contributed by atoms with Gasteiger partial charge in [0.05, 0.1) is 12.3 Å². The minimum Gasteiger partial charge on any atom is -0.390 e. The second-order valence-electron chi connectivity index (χ2n) is 4.55. The monoisotopic (exact) mass is 259 g/mol. The Hall–Kier alpha value is -2.14. The summed E-state index contributed by atoms with van der Waals surface area (Å²) in [6.07, 6.45) is 0. The van der Waals surface area contributed by atoms with Crippen molar-refractivity contribution in [1.82, 2.24) is 10.2 Å². The quantitative estimate of drug-likeness (QED) is 0.789. The summed E-state index contributed by atoms with van der Waals surface area (Å²) >= 11 is 0. The fourth-order valence-corrected chi connectivity index (χ4v) is 2.05. The average molecular weight is 259 g/mol. The maximum Gasteiger partial charge on any atom is 0.257 e. The summed E-state index contributed by atoms with van der Waals surface area (Å²) in [4.78, 5) is 12.3. The van der Waals surface area contributed by atoms with E-state index in [1.165, 1.54) is 0 Å². The van der Waals surface area contributed by atoms with E-state index in [4.69, 9.17) is 5.11 Å². The van der Waals surface area contributed by atoms with Gasteiger partial charge < -0.3 is 10.4 Å². The smallest absolute Gasteiger partial charge is 0.257 e. The predicted molar refractivity (Wildman–Crippen MR) is 73.1 cm³/mol. The number of rotatable bonds is 3. The normalized spacial score (nSPS) is 10.5. The Balaban J connectivity index is 2.28. The molecule has 1 aromatic heterocycles. The second-order valence-corrected chi connectivity index (χ2v) is 4.55. The molecule has 0 fully saturated rings. The molecule has 3 N–H and O–H groups in total. The van der Waals surface area contributed by atoms with Crippen molar-refractivity contribution in [2.45, 2.75) is 27.4 Å². The number of benzene rings is 1. The van der Waals surface area contributed by atoms with E-state index in [0.29, 0.717) is 17.1 Å². The van der Waals surface area contributed by atoms with Gasteiger partial charge in [0.25, 0.3) is 5.91 Å². The zero-order chi connectivity index (χ0) is 14.0. The standard InChI is InChI=1S/C14H17N3O2/c1-8-5-4-6-9(2)12(8)14(19)15-13-10(3)11(7-18)16-17-13/h4-6,18H,7H2,1-3H3,(H2,15,16,17,19). The number of nitrogens with zero attached hydrogens (tertiary/aromatic N) is 1. The van der Waals surface area contributed by atoms with Gasteiger partial charge in [-0.25, -0.2) is 0 Å². The highest BCUT2D eigenvalue weighted by molar-refractivity contribution is 6.06. The molecule has 5 heteroatoms. The van der Waals surface area contributed by atoms with Crippen LogP contribution in [-0.2, 0) is 6.61 Å². The fourth-order valence-electron chi connectivity index (χ4n) is 2.05. The predicted octanol–water partition coefficient (Wildman–Crippen LogP) is 2.08. The molecule has 1 heterocycles. The number of hydrogen-bond acceptors (Lipinski definition) is 3. The molecule has 2 aromatic rings. The Morgan fingerprint density at radius 3 is 2.47 bits per heavy atom. The highest BCUT2D eigenvalue weighted by atomic mass is 16.3. The Kier molecular flexibility index (Phi) is 3.66. The first kappa shape index (κ1) is 13.3. The van der Waals surface area contributed by atoms with Crippen molar-refractivity contribution >= 4 is 11.7 Å². The summed E-state index contributed by atoms with van der Waals surface area (Å²) < 4.78 is 0. The van der Waals surface area contributed by atoms with Gasteiger partial charge in [0.2, 0.25) is 0 Å². The zero-order valence-electron chi connectivity index (χ0n) is 11.2. The number of aryl methyl sites for hydroxylation is 2. The molecule has 0 atom stereocenters. The molecule has 0 aliphatic heterocycles. The van der Waals surface area contributed by atoms with Gasteiger partial charge >= 0.3 is 0 Å². The molecule has 0 aliphatic rings. The van der Waals surface area contributed by atoms with Gasteiger partial charge in [0, 0.05) is 11.1 Å². The first-order chi connectivity index (χ1) is 9.04. The summed E-state index contributed by atoms with van der Waals surface area (Å²) in [6, 6.07) is 5.72. The van der Waals surface area contributed by atoms with Crippen molar-refractivity contribution in [2.24, 2.45) is 0 Å². The molecule has 0 saturated carbocycles. The number of aromatic amines is 1. The molecule has 0 bridgehead atoms. The minimum atomic E-state index is -0.185. The van der Waals surface area contributed by atoms with Crippen molar-refractivity contribution in [3.8, 4) is 0 Å². The highest BCUT2D eigenvalue weighted by Crippen LogP contribution is 2.18. The number of hydrogen-bond donors (Lipinski definition) is 3. The van der Waals surface area contributed by atoms with Gasteiger partial charge in [-0.1, -0.05) is 18.2 Å². The molecule has 0 spiro atoms. The molecular weight excluding hydrogens is 242 g/mol. The average Bonchev–Trinajstić information content (AvgIpc) is 2.70. The lowest BCUT2D eigenvalue weighted by atomic mass is 10.0. The van der Waals surface area contributed by atoms with Crippen LogP contribution in [-0.4, -0.2) is 21.2 Å². The number of amides is 1. The van der Waals surface area contributed by atoms with Crippen molar-refractivity contribution in [1.29, 1.82) is 0 Å². The molecule has 0 aliphatic carbocycles. The van der Waals surface area contributed by atoms with Gasteiger partial charge in [-0.2, -0.15) is 5.10 Å². The number of H-pyrrole nitrogens is 1. The SMILES string of the molecule is Cc1cccc(C)c1C(=O)Nc1n[nH]c(CO)c1C. The number of aromatic nitrogens is 2. The van der Waals surface area contributed by atoms with Crippen LogP contribution in [0.25, 0.3) is 0 Å². The third-order valence-electron chi connectivity index (χ3n) is 3.21. The Bertz CT molecular complexity index is 597. The number of carbonyl (C=O) groups is 1. The topological polar surface area (TPSA) is 78.0 Å². The lowest BCUT2D eigenvalue weighted by Gasteiger charge is -2.09. The van der Waals surface area contributed by atoms with E-state index in [-0.39, 0.29) is 12.5 Å².